The Balaban J connectivity index is 3.17. The molecular weight excluding hydrogens is 204 g/mol. The van der Waals surface area contributed by atoms with Gasteiger partial charge in [-0.3, -0.25) is 4.79 Å². The highest BCUT2D eigenvalue weighted by atomic mass is 16.5. The van der Waals surface area contributed by atoms with Gasteiger partial charge in [-0.2, -0.15) is 0 Å². The van der Waals surface area contributed by atoms with Crippen molar-refractivity contribution in [3.8, 4) is 0 Å². The second-order valence-corrected chi connectivity index (χ2v) is 3.98. The molecule has 0 fully saturated rings. The number of rotatable bonds is 10. The van der Waals surface area contributed by atoms with Crippen LogP contribution in [0.2, 0.25) is 0 Å². The molecule has 0 atom stereocenters. The number of nitrogens with zero attached hydrogens (tertiary/aromatic N) is 1. The summed E-state index contributed by atoms with van der Waals surface area (Å²) in [5, 5.41) is 0. The number of nitrogens with two attached hydrogens (primary N) is 1. The smallest absolute Gasteiger partial charge is 0.222 e. The third-order valence-electron chi connectivity index (χ3n) is 2.50. The van der Waals surface area contributed by atoms with E-state index in [2.05, 4.69) is 0 Å². The SMILES string of the molecule is CCC(=O)N(C)CCCCOCCCCN. The van der Waals surface area contributed by atoms with Gasteiger partial charge in [-0.15, -0.1) is 0 Å². The fraction of sp³-hybridized carbons (Fsp3) is 0.917. The summed E-state index contributed by atoms with van der Waals surface area (Å²) in [6.07, 6.45) is 4.70. The molecule has 16 heavy (non-hydrogen) atoms. The van der Waals surface area contributed by atoms with E-state index in [1.807, 2.05) is 14.0 Å². The quantitative estimate of drug-likeness (QED) is 0.577. The number of hydrogen-bond donors (Lipinski definition) is 1. The molecule has 0 aliphatic carbocycles. The van der Waals surface area contributed by atoms with Crippen LogP contribution in [0.4, 0.5) is 0 Å². The second-order valence-electron chi connectivity index (χ2n) is 3.98. The zero-order valence-corrected chi connectivity index (χ0v) is 10.7. The minimum Gasteiger partial charge on any atom is -0.381 e. The summed E-state index contributed by atoms with van der Waals surface area (Å²) in [6.45, 7) is 5.06. The Bertz CT molecular complexity index is 174. The molecule has 0 saturated carbocycles. The molecule has 0 bridgehead atoms. The molecule has 0 aliphatic heterocycles. The van der Waals surface area contributed by atoms with E-state index >= 15 is 0 Å². The van der Waals surface area contributed by atoms with Gasteiger partial charge in [0.2, 0.25) is 5.91 Å². The van der Waals surface area contributed by atoms with Crippen molar-refractivity contribution < 1.29 is 9.53 Å². The van der Waals surface area contributed by atoms with E-state index in [0.29, 0.717) is 6.42 Å². The van der Waals surface area contributed by atoms with Crippen LogP contribution in [0.25, 0.3) is 0 Å². The lowest BCUT2D eigenvalue weighted by molar-refractivity contribution is -0.129. The minimum absolute atomic E-state index is 0.212. The second kappa shape index (κ2) is 10.9. The fourth-order valence-electron chi connectivity index (χ4n) is 1.40. The Kier molecular flexibility index (Phi) is 10.5. The van der Waals surface area contributed by atoms with E-state index in [1.54, 1.807) is 4.90 Å². The summed E-state index contributed by atoms with van der Waals surface area (Å²) >= 11 is 0. The normalized spacial score (nSPS) is 10.4. The highest BCUT2D eigenvalue weighted by Gasteiger charge is 2.04. The molecule has 0 aromatic rings. The molecule has 96 valence electrons. The average Bonchev–Trinajstić information content (AvgIpc) is 2.31. The van der Waals surface area contributed by atoms with Gasteiger partial charge in [-0.25, -0.2) is 0 Å². The molecule has 0 heterocycles. The Morgan fingerprint density at radius 3 is 2.38 bits per heavy atom. The first kappa shape index (κ1) is 15.4. The van der Waals surface area contributed by atoms with Crippen LogP contribution in [0.5, 0.6) is 0 Å². The largest absolute Gasteiger partial charge is 0.381 e. The summed E-state index contributed by atoms with van der Waals surface area (Å²) in [5.41, 5.74) is 5.37. The summed E-state index contributed by atoms with van der Waals surface area (Å²) in [4.78, 5) is 13.0. The van der Waals surface area contributed by atoms with Gasteiger partial charge in [0.25, 0.3) is 0 Å². The first-order valence-corrected chi connectivity index (χ1v) is 6.24. The Morgan fingerprint density at radius 1 is 1.19 bits per heavy atom. The zero-order chi connectivity index (χ0) is 12.2. The van der Waals surface area contributed by atoms with Crippen LogP contribution >= 0.6 is 0 Å². The van der Waals surface area contributed by atoms with Crippen molar-refractivity contribution in [3.63, 3.8) is 0 Å². The minimum atomic E-state index is 0.212. The van der Waals surface area contributed by atoms with E-state index < -0.39 is 0 Å². The van der Waals surface area contributed by atoms with Crippen molar-refractivity contribution in [1.82, 2.24) is 4.90 Å². The highest BCUT2D eigenvalue weighted by Crippen LogP contribution is 1.97. The van der Waals surface area contributed by atoms with E-state index in [4.69, 9.17) is 10.5 Å². The number of amides is 1. The Labute approximate surface area is 99.1 Å². The van der Waals surface area contributed by atoms with Gasteiger partial charge in [0.15, 0.2) is 0 Å². The van der Waals surface area contributed by atoms with Crippen molar-refractivity contribution in [1.29, 1.82) is 0 Å². The molecule has 0 aromatic carbocycles. The van der Waals surface area contributed by atoms with Crippen molar-refractivity contribution in [3.05, 3.63) is 0 Å². The Hall–Kier alpha value is -0.610. The number of ether oxygens (including phenoxy) is 1. The standard InChI is InChI=1S/C12H26N2O2/c1-3-12(15)14(2)9-5-7-11-16-10-6-4-8-13/h3-11,13H2,1-2H3. The lowest BCUT2D eigenvalue weighted by Crippen LogP contribution is -2.26. The van der Waals surface area contributed by atoms with Crippen molar-refractivity contribution in [2.75, 3.05) is 33.4 Å². The third kappa shape index (κ3) is 8.68. The topological polar surface area (TPSA) is 55.6 Å². The summed E-state index contributed by atoms with van der Waals surface area (Å²) in [7, 11) is 1.86. The summed E-state index contributed by atoms with van der Waals surface area (Å²) in [6, 6.07) is 0. The van der Waals surface area contributed by atoms with Gasteiger partial charge in [0.1, 0.15) is 0 Å². The molecular formula is C12H26N2O2. The highest BCUT2D eigenvalue weighted by molar-refractivity contribution is 5.75. The van der Waals surface area contributed by atoms with Gasteiger partial charge in [-0.05, 0) is 32.2 Å². The molecule has 0 rings (SSSR count). The zero-order valence-electron chi connectivity index (χ0n) is 10.7. The monoisotopic (exact) mass is 230 g/mol. The first-order valence-electron chi connectivity index (χ1n) is 6.24. The predicted octanol–water partition coefficient (Wildman–Crippen LogP) is 1.39. The maximum absolute atomic E-state index is 11.2. The molecule has 0 spiro atoms. The van der Waals surface area contributed by atoms with Gasteiger partial charge in [-0.1, -0.05) is 6.92 Å². The average molecular weight is 230 g/mol. The lowest BCUT2D eigenvalue weighted by atomic mass is 10.3. The predicted molar refractivity (Wildman–Crippen MR) is 66.3 cm³/mol. The first-order chi connectivity index (χ1) is 7.72. The van der Waals surface area contributed by atoms with Crippen LogP contribution in [0, 0.1) is 0 Å². The molecule has 0 saturated heterocycles. The van der Waals surface area contributed by atoms with Crippen LogP contribution in [0.1, 0.15) is 39.0 Å². The molecule has 0 aliphatic rings. The molecule has 4 nitrogen and oxygen atoms in total. The van der Waals surface area contributed by atoms with Gasteiger partial charge >= 0.3 is 0 Å². The maximum atomic E-state index is 11.2. The van der Waals surface area contributed by atoms with Crippen LogP contribution in [0.3, 0.4) is 0 Å². The van der Waals surface area contributed by atoms with Crippen molar-refractivity contribution in [2.45, 2.75) is 39.0 Å². The molecule has 4 heteroatoms. The van der Waals surface area contributed by atoms with Gasteiger partial charge < -0.3 is 15.4 Å². The van der Waals surface area contributed by atoms with E-state index in [0.717, 1.165) is 52.0 Å². The molecule has 2 N–H and O–H groups in total. The van der Waals surface area contributed by atoms with Gasteiger partial charge in [0.05, 0.1) is 0 Å². The lowest BCUT2D eigenvalue weighted by Gasteiger charge is -2.15. The third-order valence-corrected chi connectivity index (χ3v) is 2.50. The fourth-order valence-corrected chi connectivity index (χ4v) is 1.40. The van der Waals surface area contributed by atoms with Gasteiger partial charge in [0, 0.05) is 33.2 Å². The number of carbonyl (C=O) groups is 1. The van der Waals surface area contributed by atoms with E-state index in [9.17, 15) is 4.79 Å². The number of carbonyl (C=O) groups excluding carboxylic acids is 1. The Morgan fingerprint density at radius 2 is 1.81 bits per heavy atom. The van der Waals surface area contributed by atoms with E-state index in [-0.39, 0.29) is 5.91 Å². The maximum Gasteiger partial charge on any atom is 0.222 e. The molecule has 0 radical (unpaired) electrons. The number of unbranched alkanes of at least 4 members (excludes halogenated alkanes) is 2. The summed E-state index contributed by atoms with van der Waals surface area (Å²) in [5.74, 6) is 0.212. The summed E-state index contributed by atoms with van der Waals surface area (Å²) < 4.78 is 5.45. The molecule has 0 unspecified atom stereocenters. The number of hydrogen-bond acceptors (Lipinski definition) is 3. The molecule has 0 aromatic heterocycles. The van der Waals surface area contributed by atoms with Crippen LogP contribution in [-0.4, -0.2) is 44.2 Å². The van der Waals surface area contributed by atoms with Crippen LogP contribution in [0.15, 0.2) is 0 Å². The van der Waals surface area contributed by atoms with Crippen molar-refractivity contribution >= 4 is 5.91 Å². The van der Waals surface area contributed by atoms with Crippen molar-refractivity contribution in [2.24, 2.45) is 5.73 Å². The molecule has 1 amide bonds. The van der Waals surface area contributed by atoms with E-state index in [1.165, 1.54) is 0 Å². The van der Waals surface area contributed by atoms with Crippen LogP contribution < -0.4 is 5.73 Å². The van der Waals surface area contributed by atoms with Crippen LogP contribution in [-0.2, 0) is 9.53 Å².